The number of anilines is 1. The molecule has 5 rings (SSSR count). The van der Waals surface area contributed by atoms with Crippen LogP contribution in [0, 0.1) is 5.82 Å². The van der Waals surface area contributed by atoms with Crippen molar-refractivity contribution in [1.29, 1.82) is 0 Å². The largest absolute Gasteiger partial charge is 0.387 e. The van der Waals surface area contributed by atoms with Crippen molar-refractivity contribution in [3.63, 3.8) is 0 Å². The Kier molecular flexibility index (Phi) is 3.88. The monoisotopic (exact) mass is 386 g/mol. The van der Waals surface area contributed by atoms with Gasteiger partial charge in [-0.2, -0.15) is 0 Å². The van der Waals surface area contributed by atoms with Gasteiger partial charge in [0.1, 0.15) is 36.6 Å². The molecule has 5 N–H and O–H groups in total. The number of nitrogen functional groups attached to an aromatic ring is 1. The molecular formula is C19H19FN4O4. The van der Waals surface area contributed by atoms with E-state index in [1.807, 2.05) is 12.1 Å². The first-order valence-electron chi connectivity index (χ1n) is 9.03. The minimum atomic E-state index is -1.39. The van der Waals surface area contributed by atoms with Crippen molar-refractivity contribution < 1.29 is 24.4 Å². The molecule has 2 aliphatic rings. The summed E-state index contributed by atoms with van der Waals surface area (Å²) in [5.41, 5.74) is 8.86. The van der Waals surface area contributed by atoms with Crippen LogP contribution in [0.5, 0.6) is 0 Å². The van der Waals surface area contributed by atoms with Crippen LogP contribution in [0.25, 0.3) is 11.0 Å². The maximum atomic E-state index is 14.3. The zero-order valence-electron chi connectivity index (χ0n) is 14.7. The number of halogens is 1. The summed E-state index contributed by atoms with van der Waals surface area (Å²) in [6.07, 6.45) is -1.89. The maximum Gasteiger partial charge on any atom is 0.164 e. The minimum Gasteiger partial charge on any atom is -0.387 e. The van der Waals surface area contributed by atoms with E-state index in [1.165, 1.54) is 16.5 Å². The van der Waals surface area contributed by atoms with E-state index in [0.717, 1.165) is 24.6 Å². The molecule has 3 aromatic rings. The second kappa shape index (κ2) is 6.21. The third-order valence-corrected chi connectivity index (χ3v) is 5.69. The number of nitrogens with zero attached hydrogens (tertiary/aromatic N) is 3. The zero-order chi connectivity index (χ0) is 19.6. The number of aromatic nitrogens is 3. The molecule has 146 valence electrons. The Bertz CT molecular complexity index is 1070. The first kappa shape index (κ1) is 17.5. The topological polar surface area (TPSA) is 127 Å². The van der Waals surface area contributed by atoms with Crippen molar-refractivity contribution in [2.24, 2.45) is 0 Å². The lowest BCUT2D eigenvalue weighted by molar-refractivity contribution is -0.0849. The molecule has 3 heterocycles. The Hall–Kier alpha value is -2.59. The first-order chi connectivity index (χ1) is 13.5. The van der Waals surface area contributed by atoms with E-state index in [4.69, 9.17) is 10.5 Å². The third-order valence-electron chi connectivity index (χ3n) is 5.69. The highest BCUT2D eigenvalue weighted by molar-refractivity contribution is 5.86. The van der Waals surface area contributed by atoms with Gasteiger partial charge in [0.15, 0.2) is 17.7 Å². The number of rotatable bonds is 3. The molecule has 28 heavy (non-hydrogen) atoms. The van der Waals surface area contributed by atoms with Gasteiger partial charge in [-0.3, -0.25) is 0 Å². The lowest BCUT2D eigenvalue weighted by Crippen LogP contribution is -2.35. The molecular weight excluding hydrogens is 367 g/mol. The summed E-state index contributed by atoms with van der Waals surface area (Å²) < 4.78 is 21.4. The Labute approximate surface area is 159 Å². The summed E-state index contributed by atoms with van der Waals surface area (Å²) in [5.74, 6) is -0.697. The first-order valence-corrected chi connectivity index (χ1v) is 9.03. The van der Waals surface area contributed by atoms with Crippen molar-refractivity contribution >= 4 is 16.9 Å². The molecule has 0 saturated carbocycles. The molecule has 5 atom stereocenters. The van der Waals surface area contributed by atoms with E-state index >= 15 is 0 Å². The molecule has 9 heteroatoms. The molecule has 1 aliphatic carbocycles. The van der Waals surface area contributed by atoms with Crippen LogP contribution >= 0.6 is 0 Å². The fourth-order valence-corrected chi connectivity index (χ4v) is 4.02. The van der Waals surface area contributed by atoms with Crippen molar-refractivity contribution in [3.05, 3.63) is 53.2 Å². The number of aliphatic hydroxyl groups excluding tert-OH is 3. The number of aryl methyl sites for hydroxylation is 2. The van der Waals surface area contributed by atoms with Gasteiger partial charge >= 0.3 is 0 Å². The van der Waals surface area contributed by atoms with Crippen LogP contribution in [0.2, 0.25) is 0 Å². The average Bonchev–Trinajstić information content (AvgIpc) is 3.14. The summed E-state index contributed by atoms with van der Waals surface area (Å²) in [6.45, 7) is 0. The normalized spacial score (nSPS) is 27.6. The quantitative estimate of drug-likeness (QED) is 0.519. The molecule has 0 amide bonds. The van der Waals surface area contributed by atoms with Gasteiger partial charge in [0.25, 0.3) is 0 Å². The van der Waals surface area contributed by atoms with E-state index in [0.29, 0.717) is 5.56 Å². The highest BCUT2D eigenvalue weighted by atomic mass is 19.1. The van der Waals surface area contributed by atoms with Gasteiger partial charge in [-0.15, -0.1) is 0 Å². The molecule has 0 bridgehead atoms. The highest BCUT2D eigenvalue weighted by Crippen LogP contribution is 2.39. The number of benzene rings is 1. The van der Waals surface area contributed by atoms with Crippen LogP contribution < -0.4 is 5.73 Å². The molecule has 0 radical (unpaired) electrons. The van der Waals surface area contributed by atoms with Crippen molar-refractivity contribution in [2.75, 3.05) is 5.73 Å². The van der Waals surface area contributed by atoms with Crippen LogP contribution in [0.1, 0.15) is 29.0 Å². The Balaban J connectivity index is 1.48. The predicted molar refractivity (Wildman–Crippen MR) is 96.6 cm³/mol. The second-order valence-corrected chi connectivity index (χ2v) is 7.29. The maximum absolute atomic E-state index is 14.3. The third kappa shape index (κ3) is 2.44. The number of aliphatic hydroxyl groups is 3. The summed E-state index contributed by atoms with van der Waals surface area (Å²) in [5, 5.41) is 31.8. The van der Waals surface area contributed by atoms with E-state index in [1.54, 1.807) is 6.07 Å². The molecule has 8 nitrogen and oxygen atoms in total. The lowest BCUT2D eigenvalue weighted by Gasteiger charge is -2.25. The summed E-state index contributed by atoms with van der Waals surface area (Å²) >= 11 is 0. The van der Waals surface area contributed by atoms with E-state index < -0.39 is 36.5 Å². The Morgan fingerprint density at radius 3 is 2.68 bits per heavy atom. The van der Waals surface area contributed by atoms with Crippen LogP contribution in [-0.4, -0.2) is 48.2 Å². The van der Waals surface area contributed by atoms with Gasteiger partial charge in [-0.25, -0.2) is 14.4 Å². The smallest absolute Gasteiger partial charge is 0.164 e. The number of hydrogen-bond donors (Lipinski definition) is 4. The fraction of sp³-hybridized carbons (Fsp3) is 0.368. The van der Waals surface area contributed by atoms with E-state index in [9.17, 15) is 19.7 Å². The van der Waals surface area contributed by atoms with Crippen LogP contribution in [0.4, 0.5) is 10.2 Å². The molecule has 1 saturated heterocycles. The SMILES string of the molecule is Nc1ncnc2c1c(F)cn2[C@H]1O[C@H]([C@H](O)c2ccc3c(c2)CC3)[C@H](O)[C@@H]1O. The molecule has 1 fully saturated rings. The number of ether oxygens (including phenoxy) is 1. The van der Waals surface area contributed by atoms with E-state index in [-0.39, 0.29) is 16.9 Å². The highest BCUT2D eigenvalue weighted by Gasteiger charge is 2.48. The zero-order valence-corrected chi connectivity index (χ0v) is 14.7. The van der Waals surface area contributed by atoms with Gasteiger partial charge in [-0.05, 0) is 29.5 Å². The summed E-state index contributed by atoms with van der Waals surface area (Å²) in [6, 6.07) is 5.62. The second-order valence-electron chi connectivity index (χ2n) is 7.29. The number of nitrogens with two attached hydrogens (primary N) is 1. The van der Waals surface area contributed by atoms with Crippen molar-refractivity contribution in [2.45, 2.75) is 43.5 Å². The molecule has 1 aromatic carbocycles. The minimum absolute atomic E-state index is 0.0131. The Morgan fingerprint density at radius 1 is 1.18 bits per heavy atom. The van der Waals surface area contributed by atoms with E-state index in [2.05, 4.69) is 9.97 Å². The van der Waals surface area contributed by atoms with Gasteiger partial charge in [0.2, 0.25) is 0 Å². The molecule has 1 aliphatic heterocycles. The number of hydrogen-bond acceptors (Lipinski definition) is 7. The molecule has 2 aromatic heterocycles. The van der Waals surface area contributed by atoms with Crippen molar-refractivity contribution in [1.82, 2.24) is 14.5 Å². The lowest BCUT2D eigenvalue weighted by atomic mass is 9.85. The fourth-order valence-electron chi connectivity index (χ4n) is 4.02. The van der Waals surface area contributed by atoms with Gasteiger partial charge in [-0.1, -0.05) is 18.2 Å². The van der Waals surface area contributed by atoms with Gasteiger partial charge < -0.3 is 30.4 Å². The number of fused-ring (bicyclic) bond motifs is 2. The van der Waals surface area contributed by atoms with Gasteiger partial charge in [0, 0.05) is 6.20 Å². The van der Waals surface area contributed by atoms with Gasteiger partial charge in [0.05, 0.1) is 5.39 Å². The average molecular weight is 386 g/mol. The summed E-state index contributed by atoms with van der Waals surface area (Å²) in [4.78, 5) is 7.79. The molecule has 0 spiro atoms. The molecule has 0 unspecified atom stereocenters. The standard InChI is InChI=1S/C19H19FN4O4/c20-11-6-24(18-12(11)17(21)22-7-23-18)19-15(27)14(26)16(28-19)13(25)10-4-2-8-1-3-9(8)5-10/h2,4-7,13-16,19,25-27H,1,3H2,(H2,21,22,23)/t13-,14-,15+,16-,19+/m1/s1. The van der Waals surface area contributed by atoms with Crippen LogP contribution in [0.15, 0.2) is 30.7 Å². The predicted octanol–water partition coefficient (Wildman–Crippen LogP) is 0.604. The Morgan fingerprint density at radius 2 is 1.96 bits per heavy atom. The van der Waals surface area contributed by atoms with Crippen molar-refractivity contribution in [3.8, 4) is 0 Å². The van der Waals surface area contributed by atoms with Crippen LogP contribution in [0.3, 0.4) is 0 Å². The summed E-state index contributed by atoms with van der Waals surface area (Å²) in [7, 11) is 0. The van der Waals surface area contributed by atoms with Crippen LogP contribution in [-0.2, 0) is 17.6 Å².